The maximum atomic E-state index is 6.14. The van der Waals surface area contributed by atoms with E-state index in [1.54, 1.807) is 0 Å². The minimum Gasteiger partial charge on any atom is -0.450 e. The van der Waals surface area contributed by atoms with Crippen LogP contribution in [-0.4, -0.2) is 9.97 Å². The number of furan rings is 5. The van der Waals surface area contributed by atoms with Gasteiger partial charge in [0.2, 0.25) is 0 Å². The van der Waals surface area contributed by atoms with E-state index in [0.29, 0.717) is 80.5 Å². The van der Waals surface area contributed by atoms with Crippen molar-refractivity contribution in [3.05, 3.63) is 108 Å². The Labute approximate surface area is 292 Å². The molecule has 0 radical (unpaired) electrons. The third-order valence-electron chi connectivity index (χ3n) is 8.93. The molecular formula is C42H34N2O7. The second kappa shape index (κ2) is 11.1. The first-order chi connectivity index (χ1) is 24.4. The predicted octanol–water partition coefficient (Wildman–Crippen LogP) is 12.5. The van der Waals surface area contributed by atoms with Gasteiger partial charge in [-0.05, 0) is 107 Å². The van der Waals surface area contributed by atoms with E-state index in [0.717, 1.165) is 11.0 Å². The molecule has 0 amide bonds. The smallest absolute Gasteiger partial charge is 0.263 e. The van der Waals surface area contributed by atoms with Crippen molar-refractivity contribution in [2.24, 2.45) is 0 Å². The first-order valence-corrected chi connectivity index (χ1v) is 16.8. The van der Waals surface area contributed by atoms with Crippen LogP contribution in [0.3, 0.4) is 0 Å². The van der Waals surface area contributed by atoms with E-state index < -0.39 is 0 Å². The molecule has 51 heavy (non-hydrogen) atoms. The predicted molar refractivity (Wildman–Crippen MR) is 193 cm³/mol. The highest BCUT2D eigenvalue weighted by atomic mass is 16.4. The molecule has 0 saturated carbocycles. The van der Waals surface area contributed by atoms with Gasteiger partial charge in [-0.2, -0.15) is 0 Å². The van der Waals surface area contributed by atoms with Crippen LogP contribution in [0.1, 0.15) is 52.7 Å². The van der Waals surface area contributed by atoms with Gasteiger partial charge < -0.3 is 30.9 Å². The second-order valence-corrected chi connectivity index (χ2v) is 14.7. The maximum Gasteiger partial charge on any atom is 0.263 e. The summed E-state index contributed by atoms with van der Waals surface area (Å²) >= 11 is 0. The molecule has 0 unspecified atom stereocenters. The number of hydrogen-bond acceptors (Lipinski definition) is 9. The van der Waals surface area contributed by atoms with Gasteiger partial charge >= 0.3 is 0 Å². The van der Waals surface area contributed by atoms with Crippen LogP contribution in [0.15, 0.2) is 128 Å². The molecule has 7 heterocycles. The van der Waals surface area contributed by atoms with Crippen molar-refractivity contribution in [1.82, 2.24) is 9.97 Å². The molecule has 9 rings (SSSR count). The fourth-order valence-corrected chi connectivity index (χ4v) is 5.98. The fraction of sp³-hybridized carbons (Fsp3) is 0.190. The summed E-state index contributed by atoms with van der Waals surface area (Å²) in [4.78, 5) is 9.35. The largest absolute Gasteiger partial charge is 0.450 e. The van der Waals surface area contributed by atoms with Gasteiger partial charge in [-0.3, -0.25) is 0 Å². The van der Waals surface area contributed by atoms with Crippen LogP contribution in [0.4, 0.5) is 0 Å². The summed E-state index contributed by atoms with van der Waals surface area (Å²) in [5.74, 6) is 6.19. The molecule has 9 nitrogen and oxygen atoms in total. The van der Waals surface area contributed by atoms with Crippen molar-refractivity contribution in [3.8, 4) is 69.4 Å². The topological polar surface area (TPSA) is 118 Å². The Morgan fingerprint density at radius 3 is 0.902 bits per heavy atom. The summed E-state index contributed by atoms with van der Waals surface area (Å²) in [6, 6.07) is 30.5. The molecular weight excluding hydrogens is 644 g/mol. The Kier molecular flexibility index (Phi) is 6.73. The van der Waals surface area contributed by atoms with Crippen molar-refractivity contribution < 1.29 is 30.9 Å². The zero-order valence-corrected chi connectivity index (χ0v) is 29.0. The Hall–Kier alpha value is -6.22. The Bertz CT molecular complexity index is 2500. The summed E-state index contributed by atoms with van der Waals surface area (Å²) < 4.78 is 42.6. The summed E-state index contributed by atoms with van der Waals surface area (Å²) in [5, 5.41) is 0. The number of nitrogens with zero attached hydrogens (tertiary/aromatic N) is 2. The summed E-state index contributed by atoms with van der Waals surface area (Å²) in [6.07, 6.45) is 0. The average molecular weight is 679 g/mol. The quantitative estimate of drug-likeness (QED) is 0.169. The van der Waals surface area contributed by atoms with Crippen LogP contribution < -0.4 is 0 Å². The van der Waals surface area contributed by atoms with Gasteiger partial charge in [-0.25, -0.2) is 9.97 Å². The van der Waals surface area contributed by atoms with Crippen molar-refractivity contribution in [1.29, 1.82) is 0 Å². The number of rotatable bonds is 6. The van der Waals surface area contributed by atoms with Crippen molar-refractivity contribution in [2.45, 2.75) is 52.4 Å². The van der Waals surface area contributed by atoms with E-state index in [2.05, 4.69) is 75.8 Å². The fourth-order valence-electron chi connectivity index (χ4n) is 5.98. The van der Waals surface area contributed by atoms with Crippen molar-refractivity contribution in [2.75, 3.05) is 0 Å². The molecule has 254 valence electrons. The highest BCUT2D eigenvalue weighted by Gasteiger charge is 2.22. The van der Waals surface area contributed by atoms with Gasteiger partial charge in [0.05, 0.1) is 0 Å². The van der Waals surface area contributed by atoms with Crippen molar-refractivity contribution in [3.63, 3.8) is 0 Å². The summed E-state index contributed by atoms with van der Waals surface area (Å²) in [7, 11) is 0. The highest BCUT2D eigenvalue weighted by molar-refractivity contribution is 5.78. The molecule has 0 aliphatic rings. The average Bonchev–Trinajstić information content (AvgIpc) is 3.94. The lowest BCUT2D eigenvalue weighted by atomic mass is 9.87. The molecule has 0 spiro atoms. The highest BCUT2D eigenvalue weighted by Crippen LogP contribution is 2.38. The van der Waals surface area contributed by atoms with Gasteiger partial charge in [0.1, 0.15) is 11.0 Å². The lowest BCUT2D eigenvalue weighted by Gasteiger charge is -2.18. The van der Waals surface area contributed by atoms with Crippen LogP contribution in [0, 0.1) is 0 Å². The number of oxazole rings is 2. The summed E-state index contributed by atoms with van der Waals surface area (Å²) in [6.45, 7) is 13.0. The minimum atomic E-state index is 0.00944. The monoisotopic (exact) mass is 678 g/mol. The van der Waals surface area contributed by atoms with Gasteiger partial charge in [0, 0.05) is 0 Å². The molecule has 0 aliphatic heterocycles. The third-order valence-corrected chi connectivity index (χ3v) is 8.93. The van der Waals surface area contributed by atoms with Crippen LogP contribution in [0.5, 0.6) is 0 Å². The minimum absolute atomic E-state index is 0.00944. The molecule has 9 heteroatoms. The molecule has 9 aromatic rings. The Morgan fingerprint density at radius 1 is 0.333 bits per heavy atom. The molecule has 2 aromatic carbocycles. The zero-order chi connectivity index (χ0) is 35.1. The van der Waals surface area contributed by atoms with Crippen LogP contribution in [0.2, 0.25) is 0 Å². The van der Waals surface area contributed by atoms with E-state index in [1.165, 1.54) is 11.1 Å². The standard InChI is InChI=1S/C42H34N2O7/c1-41(2,3)23-7-9-27-25(21-23)43-39(50-27)37-19-17-35(48-37)33-15-13-31(46-33)29-11-12-30(45-29)32-14-16-34(47-32)36-18-20-38(49-36)40-44-26-22-24(42(4,5)6)8-10-28(26)51-40/h7-22H,1-6H3. The number of hydrogen-bond donors (Lipinski definition) is 0. The van der Waals surface area contributed by atoms with Gasteiger partial charge in [0.25, 0.3) is 11.8 Å². The Morgan fingerprint density at radius 2 is 0.608 bits per heavy atom. The van der Waals surface area contributed by atoms with Crippen molar-refractivity contribution >= 4 is 22.2 Å². The van der Waals surface area contributed by atoms with Gasteiger partial charge in [-0.1, -0.05) is 53.7 Å². The van der Waals surface area contributed by atoms with Gasteiger partial charge in [0.15, 0.2) is 68.8 Å². The maximum absolute atomic E-state index is 6.14. The van der Waals surface area contributed by atoms with E-state index in [-0.39, 0.29) is 10.8 Å². The van der Waals surface area contributed by atoms with Crippen LogP contribution in [0.25, 0.3) is 91.6 Å². The number of benzene rings is 2. The first-order valence-electron chi connectivity index (χ1n) is 16.8. The van der Waals surface area contributed by atoms with E-state index >= 15 is 0 Å². The zero-order valence-electron chi connectivity index (χ0n) is 29.0. The number of fused-ring (bicyclic) bond motifs is 2. The molecule has 0 aliphatic carbocycles. The van der Waals surface area contributed by atoms with E-state index in [9.17, 15) is 0 Å². The van der Waals surface area contributed by atoms with E-state index in [1.807, 2.05) is 72.8 Å². The first kappa shape index (κ1) is 30.8. The Balaban J connectivity index is 0.910. The molecule has 0 atom stereocenters. The molecule has 0 saturated heterocycles. The second-order valence-electron chi connectivity index (χ2n) is 14.7. The lowest BCUT2D eigenvalue weighted by molar-refractivity contribution is 0.493. The van der Waals surface area contributed by atoms with Gasteiger partial charge in [-0.15, -0.1) is 0 Å². The third kappa shape index (κ3) is 5.60. The lowest BCUT2D eigenvalue weighted by Crippen LogP contribution is -2.10. The molecule has 0 bridgehead atoms. The van der Waals surface area contributed by atoms with Crippen LogP contribution in [-0.2, 0) is 10.8 Å². The molecule has 0 N–H and O–H groups in total. The molecule has 0 fully saturated rings. The van der Waals surface area contributed by atoms with Crippen LogP contribution >= 0.6 is 0 Å². The number of aromatic nitrogens is 2. The SMILES string of the molecule is CC(C)(C)c1ccc2oc(-c3ccc(-c4ccc(-c5ccc(-c6ccc(-c7ccc(-c8nc9cc(C(C)(C)C)ccc9o8)o7)o6)o5)o4)o3)nc2c1. The normalized spacial score (nSPS) is 12.5. The van der Waals surface area contributed by atoms with E-state index in [4.69, 9.17) is 30.9 Å². The molecule has 7 aromatic heterocycles. The summed E-state index contributed by atoms with van der Waals surface area (Å²) in [5.41, 5.74) is 5.38.